The summed E-state index contributed by atoms with van der Waals surface area (Å²) < 4.78 is 1.52. The molecule has 0 bridgehead atoms. The fourth-order valence-corrected chi connectivity index (χ4v) is 3.16. The number of hydrogen-bond donors (Lipinski definition) is 1. The highest BCUT2D eigenvalue weighted by Gasteiger charge is 2.26. The molecule has 1 aromatic heterocycles. The molecule has 0 aliphatic carbocycles. The third kappa shape index (κ3) is 3.52. The summed E-state index contributed by atoms with van der Waals surface area (Å²) in [6, 6.07) is 12.0. The van der Waals surface area contributed by atoms with Crippen LogP contribution in [-0.2, 0) is 4.79 Å². The van der Waals surface area contributed by atoms with Crippen molar-refractivity contribution < 1.29 is 9.59 Å². The lowest BCUT2D eigenvalue weighted by Crippen LogP contribution is -2.27. The molecule has 0 radical (unpaired) electrons. The van der Waals surface area contributed by atoms with Crippen molar-refractivity contribution in [1.29, 1.82) is 0 Å². The highest BCUT2D eigenvalue weighted by molar-refractivity contribution is 6.31. The van der Waals surface area contributed by atoms with Gasteiger partial charge in [0.25, 0.3) is 5.91 Å². The molecule has 1 N–H and O–H groups in total. The van der Waals surface area contributed by atoms with Crippen LogP contribution in [0, 0.1) is 0 Å². The first-order valence-electron chi connectivity index (χ1n) is 8.36. The summed E-state index contributed by atoms with van der Waals surface area (Å²) in [5.41, 5.74) is 2.32. The molecule has 1 aliphatic heterocycles. The van der Waals surface area contributed by atoms with Gasteiger partial charge in [-0.1, -0.05) is 11.6 Å². The average molecular weight is 383 g/mol. The van der Waals surface area contributed by atoms with Crippen LogP contribution in [-0.4, -0.2) is 38.6 Å². The molecule has 27 heavy (non-hydrogen) atoms. The summed E-state index contributed by atoms with van der Waals surface area (Å²) in [5.74, 6) is -0.311. The molecule has 0 atom stereocenters. The normalized spacial score (nSPS) is 13.8. The van der Waals surface area contributed by atoms with Crippen molar-refractivity contribution in [3.63, 3.8) is 0 Å². The first-order valence-corrected chi connectivity index (χ1v) is 8.74. The van der Waals surface area contributed by atoms with Gasteiger partial charge >= 0.3 is 0 Å². The van der Waals surface area contributed by atoms with Gasteiger partial charge in [0.2, 0.25) is 5.91 Å². The van der Waals surface area contributed by atoms with E-state index in [4.69, 9.17) is 11.6 Å². The van der Waals surface area contributed by atoms with Crippen molar-refractivity contribution in [3.05, 3.63) is 59.4 Å². The lowest BCUT2D eigenvalue weighted by molar-refractivity contribution is -0.117. The molecule has 3 aromatic rings. The van der Waals surface area contributed by atoms with Crippen molar-refractivity contribution in [2.24, 2.45) is 0 Å². The maximum Gasteiger partial charge on any atom is 0.257 e. The number of aromatic nitrogens is 4. The van der Waals surface area contributed by atoms with Gasteiger partial charge in [0.1, 0.15) is 6.33 Å². The SMILES string of the molecule is O=C(Nc1ccc(-n2cnnn2)cc1)c1ccc(Cl)cc1N1CCCC1=O. The lowest BCUT2D eigenvalue weighted by Gasteiger charge is -2.19. The zero-order chi connectivity index (χ0) is 18.8. The van der Waals surface area contributed by atoms with Gasteiger partial charge < -0.3 is 10.2 Å². The van der Waals surface area contributed by atoms with E-state index in [0.29, 0.717) is 34.9 Å². The standard InChI is InChI=1S/C18H15ClN6O2/c19-12-3-8-15(16(10-12)24-9-1-2-17(24)26)18(27)21-13-4-6-14(7-5-13)25-11-20-22-23-25/h3-8,10-11H,1-2,9H2,(H,21,27). The van der Waals surface area contributed by atoms with Crippen LogP contribution in [0.25, 0.3) is 5.69 Å². The number of carbonyl (C=O) groups excluding carboxylic acids is 2. The van der Waals surface area contributed by atoms with Gasteiger partial charge in [-0.15, -0.1) is 5.10 Å². The van der Waals surface area contributed by atoms with E-state index in [9.17, 15) is 9.59 Å². The molecule has 2 heterocycles. The molecule has 2 amide bonds. The highest BCUT2D eigenvalue weighted by Crippen LogP contribution is 2.29. The molecule has 136 valence electrons. The van der Waals surface area contributed by atoms with Crippen molar-refractivity contribution in [2.45, 2.75) is 12.8 Å². The largest absolute Gasteiger partial charge is 0.322 e. The molecule has 1 aliphatic rings. The minimum atomic E-state index is -0.309. The number of tetrazole rings is 1. The van der Waals surface area contributed by atoms with Crippen molar-refractivity contribution in [2.75, 3.05) is 16.8 Å². The fraction of sp³-hybridized carbons (Fsp3) is 0.167. The van der Waals surface area contributed by atoms with Crippen molar-refractivity contribution in [1.82, 2.24) is 20.2 Å². The Bertz CT molecular complexity index is 988. The number of carbonyl (C=O) groups is 2. The second-order valence-corrected chi connectivity index (χ2v) is 6.50. The maximum atomic E-state index is 12.8. The Morgan fingerprint density at radius 2 is 1.96 bits per heavy atom. The molecule has 2 aromatic carbocycles. The average Bonchev–Trinajstić information content (AvgIpc) is 3.34. The summed E-state index contributed by atoms with van der Waals surface area (Å²) in [7, 11) is 0. The van der Waals surface area contributed by atoms with Crippen LogP contribution in [0.2, 0.25) is 5.02 Å². The molecular weight excluding hydrogens is 368 g/mol. The lowest BCUT2D eigenvalue weighted by atomic mass is 10.1. The fourth-order valence-electron chi connectivity index (χ4n) is 3.00. The van der Waals surface area contributed by atoms with E-state index in [0.717, 1.165) is 12.1 Å². The molecule has 0 spiro atoms. The predicted octanol–water partition coefficient (Wildman–Crippen LogP) is 2.69. The van der Waals surface area contributed by atoms with Crippen LogP contribution >= 0.6 is 11.6 Å². The van der Waals surface area contributed by atoms with Gasteiger partial charge in [-0.25, -0.2) is 4.68 Å². The molecule has 1 saturated heterocycles. The van der Waals surface area contributed by atoms with Crippen LogP contribution in [0.1, 0.15) is 23.2 Å². The van der Waals surface area contributed by atoms with Gasteiger partial charge in [0.05, 0.1) is 16.9 Å². The number of nitrogens with one attached hydrogen (secondary N) is 1. The Hall–Kier alpha value is -3.26. The molecule has 8 nitrogen and oxygen atoms in total. The zero-order valence-corrected chi connectivity index (χ0v) is 14.9. The minimum Gasteiger partial charge on any atom is -0.322 e. The summed E-state index contributed by atoms with van der Waals surface area (Å²) in [4.78, 5) is 26.5. The van der Waals surface area contributed by atoms with E-state index in [-0.39, 0.29) is 11.8 Å². The number of halogens is 1. The quantitative estimate of drug-likeness (QED) is 0.748. The predicted molar refractivity (Wildman–Crippen MR) is 100 cm³/mol. The van der Waals surface area contributed by atoms with Crippen molar-refractivity contribution in [3.8, 4) is 5.69 Å². The summed E-state index contributed by atoms with van der Waals surface area (Å²) in [5, 5.41) is 14.3. The first kappa shape index (κ1) is 17.2. The molecule has 0 saturated carbocycles. The molecular formula is C18H15ClN6O2. The van der Waals surface area contributed by atoms with Gasteiger partial charge in [-0.05, 0) is 59.3 Å². The number of benzene rings is 2. The summed E-state index contributed by atoms with van der Waals surface area (Å²) in [6.45, 7) is 0.583. The molecule has 4 rings (SSSR count). The minimum absolute atomic E-state index is 0.00267. The molecule has 1 fully saturated rings. The molecule has 0 unspecified atom stereocenters. The Labute approximate surface area is 159 Å². The number of nitrogens with zero attached hydrogens (tertiary/aromatic N) is 5. The van der Waals surface area contributed by atoms with E-state index in [1.165, 1.54) is 11.0 Å². The third-order valence-electron chi connectivity index (χ3n) is 4.31. The van der Waals surface area contributed by atoms with E-state index >= 15 is 0 Å². The Kier molecular flexibility index (Phi) is 4.55. The highest BCUT2D eigenvalue weighted by atomic mass is 35.5. The van der Waals surface area contributed by atoms with Crippen LogP contribution in [0.5, 0.6) is 0 Å². The number of anilines is 2. The Morgan fingerprint density at radius 3 is 2.63 bits per heavy atom. The number of hydrogen-bond acceptors (Lipinski definition) is 5. The second kappa shape index (κ2) is 7.16. The molecule has 9 heteroatoms. The van der Waals surface area contributed by atoms with Crippen LogP contribution in [0.15, 0.2) is 48.8 Å². The second-order valence-electron chi connectivity index (χ2n) is 6.07. The van der Waals surface area contributed by atoms with Crippen LogP contribution in [0.4, 0.5) is 11.4 Å². The third-order valence-corrected chi connectivity index (χ3v) is 4.54. The van der Waals surface area contributed by atoms with Crippen molar-refractivity contribution >= 4 is 34.8 Å². The van der Waals surface area contributed by atoms with Gasteiger partial charge in [0.15, 0.2) is 0 Å². The topological polar surface area (TPSA) is 93.0 Å². The maximum absolute atomic E-state index is 12.8. The van der Waals surface area contributed by atoms with E-state index in [1.54, 1.807) is 47.4 Å². The van der Waals surface area contributed by atoms with Crippen LogP contribution in [0.3, 0.4) is 0 Å². The van der Waals surface area contributed by atoms with E-state index < -0.39 is 0 Å². The summed E-state index contributed by atoms with van der Waals surface area (Å²) in [6.07, 6.45) is 2.73. The zero-order valence-electron chi connectivity index (χ0n) is 14.2. The van der Waals surface area contributed by atoms with Gasteiger partial charge in [0, 0.05) is 23.7 Å². The Morgan fingerprint density at radius 1 is 1.15 bits per heavy atom. The summed E-state index contributed by atoms with van der Waals surface area (Å²) >= 11 is 6.09. The van der Waals surface area contributed by atoms with Gasteiger partial charge in [-0.3, -0.25) is 9.59 Å². The van der Waals surface area contributed by atoms with E-state index in [1.807, 2.05) is 0 Å². The van der Waals surface area contributed by atoms with Crippen LogP contribution < -0.4 is 10.2 Å². The van der Waals surface area contributed by atoms with Gasteiger partial charge in [-0.2, -0.15) is 0 Å². The number of rotatable bonds is 4. The smallest absolute Gasteiger partial charge is 0.257 e. The number of amides is 2. The Balaban J connectivity index is 1.57. The first-order chi connectivity index (χ1) is 13.1. The monoisotopic (exact) mass is 382 g/mol. The van der Waals surface area contributed by atoms with E-state index in [2.05, 4.69) is 20.8 Å².